The Labute approximate surface area is 186 Å². The van der Waals surface area contributed by atoms with Crippen LogP contribution in [0.15, 0.2) is 34.2 Å². The van der Waals surface area contributed by atoms with Gasteiger partial charge in [-0.2, -0.15) is 0 Å². The minimum absolute atomic E-state index is 0.0607. The third-order valence-corrected chi connectivity index (χ3v) is 7.64. The average molecular weight is 444 g/mol. The molecule has 1 aliphatic heterocycles. The second-order valence-corrected chi connectivity index (χ2v) is 9.61. The fourth-order valence-corrected chi connectivity index (χ4v) is 6.24. The Morgan fingerprint density at radius 1 is 1.20 bits per heavy atom. The summed E-state index contributed by atoms with van der Waals surface area (Å²) in [4.78, 5) is 23.4. The molecule has 0 amide bonds. The van der Waals surface area contributed by atoms with Crippen LogP contribution in [0.5, 0.6) is 5.75 Å². The summed E-state index contributed by atoms with van der Waals surface area (Å²) in [7, 11) is 0. The second kappa shape index (κ2) is 9.54. The van der Waals surface area contributed by atoms with Gasteiger partial charge < -0.3 is 4.74 Å². The van der Waals surface area contributed by atoms with Crippen LogP contribution in [-0.4, -0.2) is 39.9 Å². The Morgan fingerprint density at radius 2 is 2.00 bits per heavy atom. The lowest BCUT2D eigenvalue weighted by molar-refractivity contribution is 0.272. The maximum Gasteiger partial charge on any atom is 0.267 e. The molecule has 4 rings (SSSR count). The molecule has 0 atom stereocenters. The monoisotopic (exact) mass is 443 g/mol. The van der Waals surface area contributed by atoms with Gasteiger partial charge >= 0.3 is 0 Å². The summed E-state index contributed by atoms with van der Waals surface area (Å²) in [5, 5.41) is 1.61. The zero-order chi connectivity index (χ0) is 21.1. The van der Waals surface area contributed by atoms with Crippen LogP contribution >= 0.6 is 23.1 Å². The number of aromatic nitrogens is 2. The second-order valence-electron chi connectivity index (χ2n) is 7.47. The van der Waals surface area contributed by atoms with E-state index in [0.29, 0.717) is 6.61 Å². The van der Waals surface area contributed by atoms with Crippen molar-refractivity contribution in [1.82, 2.24) is 14.5 Å². The molecule has 0 aliphatic carbocycles. The largest absolute Gasteiger partial charge is 0.494 e. The Balaban J connectivity index is 1.84. The van der Waals surface area contributed by atoms with Gasteiger partial charge in [0.15, 0.2) is 5.16 Å². The summed E-state index contributed by atoms with van der Waals surface area (Å²) < 4.78 is 7.38. The minimum atomic E-state index is 0.0607. The zero-order valence-electron chi connectivity index (χ0n) is 17.9. The molecule has 160 valence electrons. The van der Waals surface area contributed by atoms with Crippen molar-refractivity contribution < 1.29 is 4.74 Å². The van der Waals surface area contributed by atoms with Gasteiger partial charge in [0, 0.05) is 23.7 Å². The molecule has 0 unspecified atom stereocenters. The Bertz CT molecular complexity index is 1070. The minimum Gasteiger partial charge on any atom is -0.494 e. The van der Waals surface area contributed by atoms with Crippen LogP contribution in [0, 0.1) is 0 Å². The number of nitrogens with zero attached hydrogens (tertiary/aromatic N) is 3. The first-order valence-electron chi connectivity index (χ1n) is 10.8. The third kappa shape index (κ3) is 4.15. The molecule has 5 nitrogen and oxygen atoms in total. The van der Waals surface area contributed by atoms with E-state index in [1.165, 1.54) is 10.4 Å². The topological polar surface area (TPSA) is 47.4 Å². The summed E-state index contributed by atoms with van der Waals surface area (Å²) in [6.07, 6.45) is 3.16. The van der Waals surface area contributed by atoms with Crippen molar-refractivity contribution in [2.45, 2.75) is 51.7 Å². The summed E-state index contributed by atoms with van der Waals surface area (Å²) in [6, 6.07) is 7.78. The number of ether oxygens (including phenoxy) is 1. The van der Waals surface area contributed by atoms with Crippen molar-refractivity contribution in [2.75, 3.05) is 25.4 Å². The van der Waals surface area contributed by atoms with Crippen LogP contribution in [0.25, 0.3) is 15.9 Å². The number of thiophene rings is 1. The fourth-order valence-electron chi connectivity index (χ4n) is 3.84. The molecule has 30 heavy (non-hydrogen) atoms. The molecule has 3 heterocycles. The fraction of sp³-hybridized carbons (Fsp3) is 0.478. The molecule has 0 saturated carbocycles. The van der Waals surface area contributed by atoms with E-state index >= 15 is 0 Å². The number of rotatable bonds is 8. The highest BCUT2D eigenvalue weighted by atomic mass is 32.2. The van der Waals surface area contributed by atoms with E-state index in [1.807, 2.05) is 31.2 Å². The number of benzene rings is 1. The van der Waals surface area contributed by atoms with Crippen LogP contribution in [0.1, 0.15) is 44.1 Å². The van der Waals surface area contributed by atoms with Gasteiger partial charge in [0.25, 0.3) is 5.56 Å². The lowest BCUT2D eigenvalue weighted by Crippen LogP contribution is -2.30. The summed E-state index contributed by atoms with van der Waals surface area (Å²) >= 11 is 3.38. The third-order valence-electron chi connectivity index (χ3n) is 5.50. The lowest BCUT2D eigenvalue weighted by atomic mass is 10.1. The highest BCUT2D eigenvalue weighted by Gasteiger charge is 2.25. The van der Waals surface area contributed by atoms with E-state index in [9.17, 15) is 4.79 Å². The predicted octanol–water partition coefficient (Wildman–Crippen LogP) is 5.12. The van der Waals surface area contributed by atoms with E-state index in [4.69, 9.17) is 9.72 Å². The van der Waals surface area contributed by atoms with Crippen LogP contribution in [-0.2, 0) is 13.0 Å². The molecular formula is C23H29N3O2S2. The summed E-state index contributed by atoms with van der Waals surface area (Å²) in [5.41, 5.74) is 2.12. The summed E-state index contributed by atoms with van der Waals surface area (Å²) in [6.45, 7) is 9.94. The van der Waals surface area contributed by atoms with Gasteiger partial charge in [0.2, 0.25) is 0 Å². The zero-order valence-corrected chi connectivity index (χ0v) is 19.6. The number of hydrogen-bond donors (Lipinski definition) is 0. The van der Waals surface area contributed by atoms with E-state index in [1.54, 1.807) is 27.7 Å². The first kappa shape index (κ1) is 21.4. The maximum absolute atomic E-state index is 13.7. The quantitative estimate of drug-likeness (QED) is 0.275. The Morgan fingerprint density at radius 3 is 2.70 bits per heavy atom. The Kier molecular flexibility index (Phi) is 6.80. The molecule has 0 saturated heterocycles. The van der Waals surface area contributed by atoms with Crippen molar-refractivity contribution in [1.29, 1.82) is 0 Å². The first-order valence-corrected chi connectivity index (χ1v) is 12.6. The van der Waals surface area contributed by atoms with Crippen molar-refractivity contribution in [3.8, 4) is 11.4 Å². The van der Waals surface area contributed by atoms with E-state index in [-0.39, 0.29) is 5.56 Å². The average Bonchev–Trinajstić information content (AvgIpc) is 3.12. The van der Waals surface area contributed by atoms with E-state index < -0.39 is 0 Å². The molecule has 0 spiro atoms. The van der Waals surface area contributed by atoms with Crippen LogP contribution in [0.4, 0.5) is 0 Å². The molecule has 0 radical (unpaired) electrons. The molecule has 1 aliphatic rings. The first-order chi connectivity index (χ1) is 14.7. The number of unbranched alkanes of at least 4 members (excludes halogenated alkanes) is 1. The van der Waals surface area contributed by atoms with Crippen molar-refractivity contribution >= 4 is 33.3 Å². The molecule has 2 aromatic heterocycles. The molecule has 0 fully saturated rings. The molecule has 0 N–H and O–H groups in total. The van der Waals surface area contributed by atoms with Gasteiger partial charge in [0.1, 0.15) is 10.6 Å². The van der Waals surface area contributed by atoms with Crippen molar-refractivity contribution in [2.24, 2.45) is 0 Å². The summed E-state index contributed by atoms with van der Waals surface area (Å²) in [5.74, 6) is 1.77. The molecule has 0 bridgehead atoms. The normalized spacial score (nSPS) is 14.2. The standard InChI is InChI=1S/C23H29N3O2S2/c1-4-7-14-29-23-24-21-20(18-12-13-25(5-2)15-19(18)30-21)22(27)26(23)16-8-10-17(11-9-16)28-6-3/h8-11H,4-7,12-15H2,1-3H3. The maximum atomic E-state index is 13.7. The SMILES string of the molecule is CCCCSc1nc2sc3c(c2c(=O)n1-c1ccc(OCC)cc1)CCN(CC)C3. The van der Waals surface area contributed by atoms with Gasteiger partial charge in [0.05, 0.1) is 17.7 Å². The van der Waals surface area contributed by atoms with E-state index in [0.717, 1.165) is 71.5 Å². The number of fused-ring (bicyclic) bond motifs is 3. The van der Waals surface area contributed by atoms with Crippen LogP contribution in [0.3, 0.4) is 0 Å². The smallest absolute Gasteiger partial charge is 0.267 e. The van der Waals surface area contributed by atoms with Gasteiger partial charge in [-0.15, -0.1) is 11.3 Å². The van der Waals surface area contributed by atoms with Gasteiger partial charge in [-0.1, -0.05) is 32.0 Å². The highest BCUT2D eigenvalue weighted by Crippen LogP contribution is 2.34. The number of likely N-dealkylation sites (N-methyl/N-ethyl adjacent to an activating group) is 1. The Hall–Kier alpha value is -1.83. The van der Waals surface area contributed by atoms with Crippen LogP contribution in [0.2, 0.25) is 0 Å². The predicted molar refractivity (Wildman–Crippen MR) is 127 cm³/mol. The molecule has 7 heteroatoms. The highest BCUT2D eigenvalue weighted by molar-refractivity contribution is 7.99. The van der Waals surface area contributed by atoms with Gasteiger partial charge in [-0.25, -0.2) is 4.98 Å². The number of thioether (sulfide) groups is 1. The molecular weight excluding hydrogens is 414 g/mol. The number of hydrogen-bond acceptors (Lipinski definition) is 6. The molecule has 3 aromatic rings. The van der Waals surface area contributed by atoms with Crippen LogP contribution < -0.4 is 10.3 Å². The lowest BCUT2D eigenvalue weighted by Gasteiger charge is -2.25. The van der Waals surface area contributed by atoms with Gasteiger partial charge in [-0.05, 0) is 56.1 Å². The van der Waals surface area contributed by atoms with Crippen molar-refractivity contribution in [3.05, 3.63) is 45.1 Å². The van der Waals surface area contributed by atoms with Crippen molar-refractivity contribution in [3.63, 3.8) is 0 Å². The molecule has 1 aromatic carbocycles. The van der Waals surface area contributed by atoms with Gasteiger partial charge in [-0.3, -0.25) is 14.3 Å². The van der Waals surface area contributed by atoms with E-state index in [2.05, 4.69) is 18.7 Å².